The van der Waals surface area contributed by atoms with Crippen LogP contribution >= 0.6 is 11.8 Å². The number of benzene rings is 3. The second-order valence-electron chi connectivity index (χ2n) is 4.71. The molecule has 0 aliphatic carbocycles. The molecule has 0 radical (unpaired) electrons. The maximum absolute atomic E-state index is 12.1. The predicted molar refractivity (Wildman–Crippen MR) is 90.7 cm³/mol. The van der Waals surface area contributed by atoms with Crippen molar-refractivity contribution < 1.29 is 4.79 Å². The zero-order valence-corrected chi connectivity index (χ0v) is 12.3. The maximum atomic E-state index is 12.1. The van der Waals surface area contributed by atoms with Crippen LogP contribution in [0, 0.1) is 0 Å². The third kappa shape index (κ3) is 3.44. The Morgan fingerprint density at radius 3 is 2.43 bits per heavy atom. The standard InChI is InChI=1S/C18H15NOS/c20-18(21-13-14-7-2-1-3-8-14)19-17-12-6-10-15-9-4-5-11-16(15)17/h1-12H,13H2,(H,19,20). The lowest BCUT2D eigenvalue weighted by Crippen LogP contribution is -2.05. The van der Waals surface area contributed by atoms with E-state index >= 15 is 0 Å². The summed E-state index contributed by atoms with van der Waals surface area (Å²) in [6.45, 7) is 0. The van der Waals surface area contributed by atoms with Gasteiger partial charge in [-0.3, -0.25) is 4.79 Å². The van der Waals surface area contributed by atoms with Gasteiger partial charge in [0.15, 0.2) is 0 Å². The number of fused-ring (bicyclic) bond motifs is 1. The smallest absolute Gasteiger partial charge is 0.283 e. The van der Waals surface area contributed by atoms with E-state index in [1.807, 2.05) is 72.8 Å². The number of anilines is 1. The van der Waals surface area contributed by atoms with Crippen LogP contribution in [0.4, 0.5) is 10.5 Å². The maximum Gasteiger partial charge on any atom is 0.283 e. The van der Waals surface area contributed by atoms with Crippen LogP contribution in [-0.2, 0) is 5.75 Å². The third-order valence-electron chi connectivity index (χ3n) is 3.24. The highest BCUT2D eigenvalue weighted by Gasteiger charge is 2.06. The quantitative estimate of drug-likeness (QED) is 0.709. The van der Waals surface area contributed by atoms with Gasteiger partial charge in [0.2, 0.25) is 0 Å². The molecule has 0 heterocycles. The number of nitrogens with one attached hydrogen (secondary N) is 1. The Balaban J connectivity index is 1.69. The lowest BCUT2D eigenvalue weighted by molar-refractivity contribution is 0.270. The van der Waals surface area contributed by atoms with Crippen LogP contribution < -0.4 is 5.32 Å². The van der Waals surface area contributed by atoms with Crippen molar-refractivity contribution in [1.29, 1.82) is 0 Å². The summed E-state index contributed by atoms with van der Waals surface area (Å²) in [5.74, 6) is 0.678. The van der Waals surface area contributed by atoms with Crippen LogP contribution in [-0.4, -0.2) is 5.24 Å². The highest BCUT2D eigenvalue weighted by Crippen LogP contribution is 2.24. The van der Waals surface area contributed by atoms with E-state index in [1.54, 1.807) is 0 Å². The van der Waals surface area contributed by atoms with Gasteiger partial charge in [0.05, 0.1) is 0 Å². The van der Waals surface area contributed by atoms with Crippen molar-refractivity contribution in [2.45, 2.75) is 5.75 Å². The molecule has 0 aromatic heterocycles. The van der Waals surface area contributed by atoms with Gasteiger partial charge in [-0.15, -0.1) is 0 Å². The summed E-state index contributed by atoms with van der Waals surface area (Å²) in [6.07, 6.45) is 0. The number of carbonyl (C=O) groups is 1. The van der Waals surface area contributed by atoms with Gasteiger partial charge >= 0.3 is 0 Å². The van der Waals surface area contributed by atoms with E-state index in [0.717, 1.165) is 22.0 Å². The monoisotopic (exact) mass is 293 g/mol. The molecule has 3 rings (SSSR count). The highest BCUT2D eigenvalue weighted by molar-refractivity contribution is 8.13. The molecule has 0 aliphatic rings. The Morgan fingerprint density at radius 2 is 1.57 bits per heavy atom. The van der Waals surface area contributed by atoms with Gasteiger partial charge in [-0.25, -0.2) is 0 Å². The van der Waals surface area contributed by atoms with Crippen LogP contribution in [0.25, 0.3) is 10.8 Å². The molecule has 1 N–H and O–H groups in total. The van der Waals surface area contributed by atoms with E-state index in [4.69, 9.17) is 0 Å². The van der Waals surface area contributed by atoms with E-state index in [-0.39, 0.29) is 5.24 Å². The van der Waals surface area contributed by atoms with Crippen molar-refractivity contribution in [3.63, 3.8) is 0 Å². The fourth-order valence-electron chi connectivity index (χ4n) is 2.20. The number of thioether (sulfide) groups is 1. The van der Waals surface area contributed by atoms with Gasteiger partial charge in [0, 0.05) is 16.8 Å². The zero-order valence-electron chi connectivity index (χ0n) is 11.5. The fourth-order valence-corrected chi connectivity index (χ4v) is 2.88. The van der Waals surface area contributed by atoms with E-state index in [9.17, 15) is 4.79 Å². The van der Waals surface area contributed by atoms with E-state index in [2.05, 4.69) is 5.32 Å². The first-order chi connectivity index (χ1) is 10.3. The first kappa shape index (κ1) is 13.7. The molecule has 3 aromatic rings. The molecular formula is C18H15NOS. The summed E-state index contributed by atoms with van der Waals surface area (Å²) in [5, 5.41) is 5.14. The van der Waals surface area contributed by atoms with Gasteiger partial charge in [-0.05, 0) is 17.0 Å². The lowest BCUT2D eigenvalue weighted by atomic mass is 10.1. The lowest BCUT2D eigenvalue weighted by Gasteiger charge is -2.08. The van der Waals surface area contributed by atoms with Gasteiger partial charge < -0.3 is 5.32 Å². The van der Waals surface area contributed by atoms with Crippen LogP contribution in [0.3, 0.4) is 0 Å². The average molecular weight is 293 g/mol. The minimum Gasteiger partial charge on any atom is -0.316 e. The van der Waals surface area contributed by atoms with Gasteiger partial charge in [0.1, 0.15) is 0 Å². The average Bonchev–Trinajstić information content (AvgIpc) is 2.54. The highest BCUT2D eigenvalue weighted by atomic mass is 32.2. The van der Waals surface area contributed by atoms with Crippen LogP contribution in [0.5, 0.6) is 0 Å². The molecule has 1 amide bonds. The Hall–Kier alpha value is -2.26. The molecule has 3 aromatic carbocycles. The normalized spacial score (nSPS) is 10.5. The number of rotatable bonds is 3. The van der Waals surface area contributed by atoms with Crippen molar-refractivity contribution in [2.75, 3.05) is 5.32 Å². The number of hydrogen-bond acceptors (Lipinski definition) is 2. The largest absolute Gasteiger partial charge is 0.316 e. The predicted octanol–water partition coefficient (Wildman–Crippen LogP) is 5.31. The fraction of sp³-hybridized carbons (Fsp3) is 0.0556. The molecule has 2 nitrogen and oxygen atoms in total. The Bertz CT molecular complexity index is 750. The minimum absolute atomic E-state index is 0.0322. The van der Waals surface area contributed by atoms with Crippen molar-refractivity contribution in [3.8, 4) is 0 Å². The molecule has 0 saturated carbocycles. The van der Waals surface area contributed by atoms with Gasteiger partial charge in [0.25, 0.3) is 5.24 Å². The van der Waals surface area contributed by atoms with E-state index in [0.29, 0.717) is 5.75 Å². The van der Waals surface area contributed by atoms with Gasteiger partial charge in [-0.1, -0.05) is 78.5 Å². The second-order valence-corrected chi connectivity index (χ2v) is 5.66. The SMILES string of the molecule is O=C(Nc1cccc2ccccc12)SCc1ccccc1. The third-order valence-corrected chi connectivity index (χ3v) is 4.08. The zero-order chi connectivity index (χ0) is 14.5. The van der Waals surface area contributed by atoms with E-state index in [1.165, 1.54) is 11.8 Å². The molecule has 0 bridgehead atoms. The molecule has 0 saturated heterocycles. The van der Waals surface area contributed by atoms with Crippen LogP contribution in [0.1, 0.15) is 5.56 Å². The summed E-state index contributed by atoms with van der Waals surface area (Å²) < 4.78 is 0. The summed E-state index contributed by atoms with van der Waals surface area (Å²) in [6, 6.07) is 24.0. The van der Waals surface area contributed by atoms with Crippen molar-refractivity contribution in [2.24, 2.45) is 0 Å². The van der Waals surface area contributed by atoms with Crippen LogP contribution in [0.2, 0.25) is 0 Å². The molecule has 0 atom stereocenters. The summed E-state index contributed by atoms with van der Waals surface area (Å²) in [5.41, 5.74) is 2.01. The van der Waals surface area contributed by atoms with Crippen LogP contribution in [0.15, 0.2) is 72.8 Å². The number of carbonyl (C=O) groups excluding carboxylic acids is 1. The molecular weight excluding hydrogens is 278 g/mol. The number of amides is 1. The molecule has 3 heteroatoms. The summed E-state index contributed by atoms with van der Waals surface area (Å²) in [4.78, 5) is 12.1. The van der Waals surface area contributed by atoms with E-state index < -0.39 is 0 Å². The molecule has 0 spiro atoms. The van der Waals surface area contributed by atoms with Crippen molar-refractivity contribution in [3.05, 3.63) is 78.4 Å². The van der Waals surface area contributed by atoms with Crippen molar-refractivity contribution >= 4 is 33.5 Å². The second kappa shape index (κ2) is 6.46. The first-order valence-electron chi connectivity index (χ1n) is 6.78. The summed E-state index contributed by atoms with van der Waals surface area (Å²) in [7, 11) is 0. The first-order valence-corrected chi connectivity index (χ1v) is 7.77. The molecule has 0 fully saturated rings. The van der Waals surface area contributed by atoms with Gasteiger partial charge in [-0.2, -0.15) is 0 Å². The molecule has 104 valence electrons. The number of hydrogen-bond donors (Lipinski definition) is 1. The van der Waals surface area contributed by atoms with Crippen molar-refractivity contribution in [1.82, 2.24) is 0 Å². The summed E-state index contributed by atoms with van der Waals surface area (Å²) >= 11 is 1.28. The Morgan fingerprint density at radius 1 is 0.857 bits per heavy atom. The minimum atomic E-state index is -0.0322. The molecule has 0 unspecified atom stereocenters. The Kier molecular flexibility index (Phi) is 4.22. The molecule has 21 heavy (non-hydrogen) atoms. The molecule has 0 aliphatic heterocycles. The Labute approximate surface area is 128 Å². The topological polar surface area (TPSA) is 29.1 Å².